The molecule has 5 rings (SSSR count). The molecule has 2 saturated carbocycles. The zero-order valence-electron chi connectivity index (χ0n) is 19.9. The molecule has 0 radical (unpaired) electrons. The number of nitrogens with zero attached hydrogens (tertiary/aromatic N) is 1. The van der Waals surface area contributed by atoms with Crippen LogP contribution in [-0.4, -0.2) is 42.2 Å². The van der Waals surface area contributed by atoms with Gasteiger partial charge >= 0.3 is 5.97 Å². The number of aliphatic carboxylic acids is 1. The molecule has 1 heterocycles. The maximum absolute atomic E-state index is 13.7. The molecule has 2 aromatic rings. The van der Waals surface area contributed by atoms with E-state index in [0.717, 1.165) is 57.5 Å². The smallest absolute Gasteiger partial charge is 0.310 e. The lowest BCUT2D eigenvalue weighted by Gasteiger charge is -2.46. The third kappa shape index (κ3) is 5.14. The van der Waals surface area contributed by atoms with Gasteiger partial charge < -0.3 is 14.7 Å². The first-order chi connectivity index (χ1) is 16.5. The SMILES string of the molecule is O=C(O)C1(CN2CCC(CC[C@@H]3CC3c3ccccc3)(COc3cccc(F)c3)CC2)CCC1. The first-order valence-corrected chi connectivity index (χ1v) is 12.9. The molecule has 2 aliphatic carbocycles. The summed E-state index contributed by atoms with van der Waals surface area (Å²) in [4.78, 5) is 14.2. The van der Waals surface area contributed by atoms with Crippen molar-refractivity contribution in [1.82, 2.24) is 4.90 Å². The number of halogens is 1. The Balaban J connectivity index is 1.21. The second-order valence-electron chi connectivity index (χ2n) is 11.0. The molecule has 4 nitrogen and oxygen atoms in total. The normalized spacial score (nSPS) is 25.3. The number of ether oxygens (including phenoxy) is 1. The average molecular weight is 466 g/mol. The van der Waals surface area contributed by atoms with Gasteiger partial charge in [-0.15, -0.1) is 0 Å². The third-order valence-corrected chi connectivity index (χ3v) is 8.74. The van der Waals surface area contributed by atoms with Gasteiger partial charge in [0.05, 0.1) is 12.0 Å². The van der Waals surface area contributed by atoms with Crippen LogP contribution in [0.3, 0.4) is 0 Å². The Labute approximate surface area is 202 Å². The largest absolute Gasteiger partial charge is 0.493 e. The molecule has 5 heteroatoms. The molecule has 3 aliphatic rings. The number of hydrogen-bond donors (Lipinski definition) is 1. The quantitative estimate of drug-likeness (QED) is 0.459. The van der Waals surface area contributed by atoms with E-state index in [1.54, 1.807) is 6.07 Å². The first kappa shape index (κ1) is 23.3. The molecule has 3 fully saturated rings. The Morgan fingerprint density at radius 3 is 2.47 bits per heavy atom. The second kappa shape index (κ2) is 9.69. The van der Waals surface area contributed by atoms with Gasteiger partial charge in [-0.3, -0.25) is 4.79 Å². The van der Waals surface area contributed by atoms with E-state index in [1.165, 1.54) is 30.5 Å². The number of piperidine rings is 1. The average Bonchev–Trinajstić information content (AvgIpc) is 3.60. The topological polar surface area (TPSA) is 49.8 Å². The molecular weight excluding hydrogens is 429 g/mol. The van der Waals surface area contributed by atoms with Gasteiger partial charge in [-0.25, -0.2) is 4.39 Å². The summed E-state index contributed by atoms with van der Waals surface area (Å²) in [5.74, 6) is 1.10. The van der Waals surface area contributed by atoms with Crippen LogP contribution < -0.4 is 4.74 Å². The molecule has 1 unspecified atom stereocenters. The van der Waals surface area contributed by atoms with Crippen molar-refractivity contribution in [2.24, 2.45) is 16.7 Å². The minimum atomic E-state index is -0.634. The Kier molecular flexibility index (Phi) is 6.65. The number of rotatable bonds is 10. The standard InChI is InChI=1S/C29H36FNO3/c30-24-8-4-9-25(19-24)34-21-28(13-10-23-18-26(23)22-6-2-1-3-7-22)14-16-31(17-15-28)20-29(27(32)33)11-5-12-29/h1-4,6-9,19,23,26H,5,10-18,20-21H2,(H,32,33)/t23-,26?/m1/s1. The zero-order valence-corrected chi connectivity index (χ0v) is 19.9. The summed E-state index contributed by atoms with van der Waals surface area (Å²) in [7, 11) is 0. The molecule has 0 spiro atoms. The van der Waals surface area contributed by atoms with Crippen LogP contribution in [0.4, 0.5) is 4.39 Å². The summed E-state index contributed by atoms with van der Waals surface area (Å²) >= 11 is 0. The number of carbonyl (C=O) groups is 1. The molecule has 1 saturated heterocycles. The minimum absolute atomic E-state index is 0.0582. The number of benzene rings is 2. The van der Waals surface area contributed by atoms with Crippen LogP contribution in [0.1, 0.15) is 62.8 Å². The highest BCUT2D eigenvalue weighted by molar-refractivity contribution is 5.76. The molecular formula is C29H36FNO3. The number of likely N-dealkylation sites (tertiary alicyclic amines) is 1. The molecule has 2 aromatic carbocycles. The lowest BCUT2D eigenvalue weighted by atomic mass is 9.67. The number of carboxylic acids is 1. The lowest BCUT2D eigenvalue weighted by molar-refractivity contribution is -0.156. The van der Waals surface area contributed by atoms with Crippen molar-refractivity contribution in [3.63, 3.8) is 0 Å². The van der Waals surface area contributed by atoms with Crippen LogP contribution in [0.2, 0.25) is 0 Å². The summed E-state index contributed by atoms with van der Waals surface area (Å²) < 4.78 is 19.8. The zero-order chi connectivity index (χ0) is 23.6. The summed E-state index contributed by atoms with van der Waals surface area (Å²) in [5, 5.41) is 9.74. The van der Waals surface area contributed by atoms with E-state index in [-0.39, 0.29) is 11.2 Å². The van der Waals surface area contributed by atoms with Gasteiger partial charge in [0.1, 0.15) is 11.6 Å². The number of carboxylic acid groups (broad SMARTS) is 1. The number of hydrogen-bond acceptors (Lipinski definition) is 3. The predicted octanol–water partition coefficient (Wildman–Crippen LogP) is 6.13. The van der Waals surface area contributed by atoms with Crippen molar-refractivity contribution in [2.45, 2.75) is 57.3 Å². The van der Waals surface area contributed by atoms with Crippen molar-refractivity contribution < 1.29 is 19.0 Å². The summed E-state index contributed by atoms with van der Waals surface area (Å²) in [6, 6.07) is 17.2. The van der Waals surface area contributed by atoms with Crippen LogP contribution in [0.15, 0.2) is 54.6 Å². The monoisotopic (exact) mass is 465 g/mol. The van der Waals surface area contributed by atoms with Crippen LogP contribution in [0.5, 0.6) is 5.75 Å². The van der Waals surface area contributed by atoms with Crippen LogP contribution in [-0.2, 0) is 4.79 Å². The predicted molar refractivity (Wildman–Crippen MR) is 130 cm³/mol. The van der Waals surface area contributed by atoms with Crippen molar-refractivity contribution in [3.8, 4) is 5.75 Å². The lowest BCUT2D eigenvalue weighted by Crippen LogP contribution is -2.51. The second-order valence-corrected chi connectivity index (χ2v) is 11.0. The van der Waals surface area contributed by atoms with E-state index >= 15 is 0 Å². The van der Waals surface area contributed by atoms with Gasteiger partial charge in [0.15, 0.2) is 0 Å². The van der Waals surface area contributed by atoms with E-state index in [4.69, 9.17) is 4.74 Å². The highest BCUT2D eigenvalue weighted by atomic mass is 19.1. The maximum Gasteiger partial charge on any atom is 0.310 e. The van der Waals surface area contributed by atoms with Gasteiger partial charge in [-0.05, 0) is 87.6 Å². The van der Waals surface area contributed by atoms with Crippen LogP contribution in [0, 0.1) is 22.6 Å². The fourth-order valence-electron chi connectivity index (χ4n) is 6.08. The minimum Gasteiger partial charge on any atom is -0.493 e. The van der Waals surface area contributed by atoms with E-state index in [9.17, 15) is 14.3 Å². The van der Waals surface area contributed by atoms with Crippen molar-refractivity contribution >= 4 is 5.97 Å². The van der Waals surface area contributed by atoms with E-state index in [1.807, 2.05) is 6.07 Å². The Bertz CT molecular complexity index is 982. The highest BCUT2D eigenvalue weighted by Gasteiger charge is 2.47. The molecule has 1 N–H and O–H groups in total. The Morgan fingerprint density at radius 1 is 1.06 bits per heavy atom. The van der Waals surface area contributed by atoms with Crippen LogP contribution >= 0.6 is 0 Å². The van der Waals surface area contributed by atoms with E-state index < -0.39 is 11.4 Å². The molecule has 0 aromatic heterocycles. The highest BCUT2D eigenvalue weighted by Crippen LogP contribution is 2.52. The summed E-state index contributed by atoms with van der Waals surface area (Å²) in [6.07, 6.45) is 8.18. The van der Waals surface area contributed by atoms with E-state index in [2.05, 4.69) is 35.2 Å². The Hall–Kier alpha value is -2.40. The van der Waals surface area contributed by atoms with Crippen molar-refractivity contribution in [1.29, 1.82) is 0 Å². The molecule has 1 aliphatic heterocycles. The summed E-state index contributed by atoms with van der Waals surface area (Å²) in [5.41, 5.74) is 0.976. The fourth-order valence-corrected chi connectivity index (χ4v) is 6.08. The van der Waals surface area contributed by atoms with Crippen LogP contribution in [0.25, 0.3) is 0 Å². The molecule has 0 bridgehead atoms. The van der Waals surface area contributed by atoms with Gasteiger partial charge in [0, 0.05) is 18.0 Å². The summed E-state index contributed by atoms with van der Waals surface area (Å²) in [6.45, 7) is 3.08. The van der Waals surface area contributed by atoms with Gasteiger partial charge in [-0.2, -0.15) is 0 Å². The Morgan fingerprint density at radius 2 is 1.82 bits per heavy atom. The van der Waals surface area contributed by atoms with E-state index in [0.29, 0.717) is 24.8 Å². The fraction of sp³-hybridized carbons (Fsp3) is 0.552. The van der Waals surface area contributed by atoms with Crippen molar-refractivity contribution in [3.05, 3.63) is 66.0 Å². The first-order valence-electron chi connectivity index (χ1n) is 12.9. The molecule has 2 atom stereocenters. The molecule has 182 valence electrons. The van der Waals surface area contributed by atoms with Gasteiger partial charge in [0.25, 0.3) is 0 Å². The molecule has 34 heavy (non-hydrogen) atoms. The van der Waals surface area contributed by atoms with Gasteiger partial charge in [0.2, 0.25) is 0 Å². The molecule has 0 amide bonds. The third-order valence-electron chi connectivity index (χ3n) is 8.74. The van der Waals surface area contributed by atoms with Crippen molar-refractivity contribution in [2.75, 3.05) is 26.2 Å². The van der Waals surface area contributed by atoms with Gasteiger partial charge in [-0.1, -0.05) is 42.8 Å². The maximum atomic E-state index is 13.7.